The topological polar surface area (TPSA) is 41.4 Å². The van der Waals surface area contributed by atoms with Gasteiger partial charge in [0.25, 0.3) is 0 Å². The second kappa shape index (κ2) is 6.77. The van der Waals surface area contributed by atoms with Gasteiger partial charge in [0.2, 0.25) is 5.91 Å². The van der Waals surface area contributed by atoms with Crippen molar-refractivity contribution >= 4 is 5.91 Å². The average Bonchev–Trinajstić information content (AvgIpc) is 3.31. The Morgan fingerprint density at radius 1 is 1.08 bits per heavy atom. The molecule has 0 bridgehead atoms. The summed E-state index contributed by atoms with van der Waals surface area (Å²) in [5, 5.41) is 4.37. The van der Waals surface area contributed by atoms with E-state index in [0.29, 0.717) is 6.42 Å². The minimum Gasteiger partial charge on any atom is -0.340 e. The second-order valence-electron chi connectivity index (χ2n) is 6.93. The molecule has 1 amide bonds. The van der Waals surface area contributed by atoms with E-state index in [1.165, 1.54) is 19.4 Å². The predicted molar refractivity (Wildman–Crippen MR) is 93.0 cm³/mol. The smallest absolute Gasteiger partial charge is 0.227 e. The van der Waals surface area contributed by atoms with Gasteiger partial charge in [0.1, 0.15) is 0 Å². The number of hydrogen-bond acceptors (Lipinski definition) is 3. The van der Waals surface area contributed by atoms with E-state index in [0.717, 1.165) is 43.3 Å². The van der Waals surface area contributed by atoms with Crippen LogP contribution in [0.3, 0.4) is 0 Å². The van der Waals surface area contributed by atoms with Crippen molar-refractivity contribution in [3.8, 4) is 5.69 Å². The van der Waals surface area contributed by atoms with E-state index >= 15 is 0 Å². The summed E-state index contributed by atoms with van der Waals surface area (Å²) in [7, 11) is 0. The fraction of sp³-hybridized carbons (Fsp3) is 0.474. The summed E-state index contributed by atoms with van der Waals surface area (Å²) in [5.74, 6) is 1.14. The first-order chi connectivity index (χ1) is 11.8. The zero-order valence-electron chi connectivity index (χ0n) is 14.0. The van der Waals surface area contributed by atoms with Crippen LogP contribution in [0.2, 0.25) is 0 Å². The molecule has 0 atom stereocenters. The Kier molecular flexibility index (Phi) is 4.34. The van der Waals surface area contributed by atoms with Gasteiger partial charge in [0.05, 0.1) is 18.3 Å². The van der Waals surface area contributed by atoms with Gasteiger partial charge in [-0.05, 0) is 36.5 Å². The van der Waals surface area contributed by atoms with Crippen molar-refractivity contribution in [3.05, 3.63) is 48.3 Å². The lowest BCUT2D eigenvalue weighted by molar-refractivity contribution is -0.132. The molecule has 2 fully saturated rings. The van der Waals surface area contributed by atoms with Crippen LogP contribution in [0, 0.1) is 5.92 Å². The lowest BCUT2D eigenvalue weighted by Gasteiger charge is -2.34. The van der Waals surface area contributed by atoms with Crippen molar-refractivity contribution in [2.24, 2.45) is 5.92 Å². The largest absolute Gasteiger partial charge is 0.340 e. The second-order valence-corrected chi connectivity index (χ2v) is 6.93. The summed E-state index contributed by atoms with van der Waals surface area (Å²) in [4.78, 5) is 17.0. The van der Waals surface area contributed by atoms with E-state index in [1.54, 1.807) is 6.20 Å². The third-order valence-corrected chi connectivity index (χ3v) is 4.95. The minimum atomic E-state index is 0.216. The summed E-state index contributed by atoms with van der Waals surface area (Å²) in [6.07, 6.45) is 6.98. The Labute approximate surface area is 142 Å². The number of rotatable bonds is 5. The van der Waals surface area contributed by atoms with Crippen LogP contribution < -0.4 is 0 Å². The number of amides is 1. The molecule has 1 aromatic carbocycles. The van der Waals surface area contributed by atoms with Crippen molar-refractivity contribution in [2.45, 2.75) is 19.3 Å². The van der Waals surface area contributed by atoms with Crippen molar-refractivity contribution in [1.29, 1.82) is 0 Å². The van der Waals surface area contributed by atoms with E-state index in [4.69, 9.17) is 0 Å². The highest BCUT2D eigenvalue weighted by molar-refractivity contribution is 5.78. The number of aromatic nitrogens is 2. The van der Waals surface area contributed by atoms with E-state index in [1.807, 2.05) is 46.1 Å². The molecule has 1 aliphatic heterocycles. The lowest BCUT2D eigenvalue weighted by Crippen LogP contribution is -2.49. The van der Waals surface area contributed by atoms with Crippen LogP contribution in [-0.2, 0) is 11.2 Å². The molecule has 5 heteroatoms. The van der Waals surface area contributed by atoms with Crippen LogP contribution in [-0.4, -0.2) is 58.2 Å². The Morgan fingerprint density at radius 2 is 1.83 bits per heavy atom. The van der Waals surface area contributed by atoms with Gasteiger partial charge in [-0.1, -0.05) is 18.2 Å². The molecule has 24 heavy (non-hydrogen) atoms. The van der Waals surface area contributed by atoms with Gasteiger partial charge in [0.15, 0.2) is 0 Å². The number of hydrogen-bond donors (Lipinski definition) is 0. The van der Waals surface area contributed by atoms with Crippen molar-refractivity contribution < 1.29 is 4.79 Å². The van der Waals surface area contributed by atoms with Gasteiger partial charge in [-0.2, -0.15) is 5.10 Å². The monoisotopic (exact) mass is 324 g/mol. The molecule has 4 rings (SSSR count). The third-order valence-electron chi connectivity index (χ3n) is 4.95. The molecule has 1 aliphatic carbocycles. The number of benzene rings is 1. The fourth-order valence-corrected chi connectivity index (χ4v) is 3.31. The highest BCUT2D eigenvalue weighted by Gasteiger charge is 2.27. The normalized spacial score (nSPS) is 18.8. The lowest BCUT2D eigenvalue weighted by atomic mass is 10.2. The number of piperazine rings is 1. The van der Waals surface area contributed by atoms with Gasteiger partial charge >= 0.3 is 0 Å². The van der Waals surface area contributed by atoms with Crippen LogP contribution in [0.5, 0.6) is 0 Å². The van der Waals surface area contributed by atoms with Gasteiger partial charge in [-0.3, -0.25) is 9.69 Å². The molecule has 0 N–H and O–H groups in total. The van der Waals surface area contributed by atoms with Gasteiger partial charge < -0.3 is 4.90 Å². The third kappa shape index (κ3) is 3.67. The van der Waals surface area contributed by atoms with Crippen LogP contribution in [0.15, 0.2) is 42.7 Å². The van der Waals surface area contributed by atoms with Gasteiger partial charge in [-0.25, -0.2) is 4.68 Å². The molecule has 2 aliphatic rings. The highest BCUT2D eigenvalue weighted by Crippen LogP contribution is 2.29. The average molecular weight is 324 g/mol. The summed E-state index contributed by atoms with van der Waals surface area (Å²) < 4.78 is 1.83. The summed E-state index contributed by atoms with van der Waals surface area (Å²) in [6, 6.07) is 9.99. The van der Waals surface area contributed by atoms with Crippen LogP contribution in [0.1, 0.15) is 18.4 Å². The van der Waals surface area contributed by atoms with Gasteiger partial charge in [-0.15, -0.1) is 0 Å². The Bertz CT molecular complexity index is 684. The molecule has 126 valence electrons. The number of nitrogens with zero attached hydrogens (tertiary/aromatic N) is 4. The summed E-state index contributed by atoms with van der Waals surface area (Å²) in [5.41, 5.74) is 1.99. The Morgan fingerprint density at radius 3 is 2.54 bits per heavy atom. The number of carbonyl (C=O) groups excluding carboxylic acids is 1. The SMILES string of the molecule is O=C(Cc1cnn(-c2ccccc2)c1)N1CCN(CC2CC2)CC1. The van der Waals surface area contributed by atoms with Crippen molar-refractivity contribution in [3.63, 3.8) is 0 Å². The minimum absolute atomic E-state index is 0.216. The molecule has 0 radical (unpaired) electrons. The first kappa shape index (κ1) is 15.4. The molecule has 2 heterocycles. The van der Waals surface area contributed by atoms with E-state index < -0.39 is 0 Å². The number of para-hydroxylation sites is 1. The van der Waals surface area contributed by atoms with E-state index in [2.05, 4.69) is 10.00 Å². The van der Waals surface area contributed by atoms with Crippen LogP contribution >= 0.6 is 0 Å². The van der Waals surface area contributed by atoms with E-state index in [9.17, 15) is 4.79 Å². The Balaban J connectivity index is 1.31. The molecule has 2 aromatic rings. The molecule has 1 saturated heterocycles. The standard InChI is InChI=1S/C19H24N4O/c24-19(22-10-8-21(9-11-22)14-16-6-7-16)12-17-13-20-23(15-17)18-4-2-1-3-5-18/h1-5,13,15-16H,6-12,14H2. The van der Waals surface area contributed by atoms with Crippen LogP contribution in [0.25, 0.3) is 5.69 Å². The molecule has 0 spiro atoms. The predicted octanol–water partition coefficient (Wildman–Crippen LogP) is 1.97. The van der Waals surface area contributed by atoms with Crippen molar-refractivity contribution in [2.75, 3.05) is 32.7 Å². The van der Waals surface area contributed by atoms with Crippen molar-refractivity contribution in [1.82, 2.24) is 19.6 Å². The van der Waals surface area contributed by atoms with E-state index in [-0.39, 0.29) is 5.91 Å². The zero-order valence-corrected chi connectivity index (χ0v) is 14.0. The molecule has 1 aromatic heterocycles. The maximum absolute atomic E-state index is 12.5. The summed E-state index contributed by atoms with van der Waals surface area (Å²) in [6.45, 7) is 4.99. The molecule has 5 nitrogen and oxygen atoms in total. The first-order valence-electron chi connectivity index (χ1n) is 8.87. The summed E-state index contributed by atoms with van der Waals surface area (Å²) >= 11 is 0. The highest BCUT2D eigenvalue weighted by atomic mass is 16.2. The maximum Gasteiger partial charge on any atom is 0.227 e. The number of carbonyl (C=O) groups is 1. The zero-order chi connectivity index (χ0) is 16.4. The van der Waals surface area contributed by atoms with Crippen LogP contribution in [0.4, 0.5) is 0 Å². The molecular formula is C19H24N4O. The van der Waals surface area contributed by atoms with Gasteiger partial charge in [0, 0.05) is 38.9 Å². The molecule has 0 unspecified atom stereocenters. The fourth-order valence-electron chi connectivity index (χ4n) is 3.31. The quantitative estimate of drug-likeness (QED) is 0.844. The maximum atomic E-state index is 12.5. The molecular weight excluding hydrogens is 300 g/mol. The Hall–Kier alpha value is -2.14. The first-order valence-corrected chi connectivity index (χ1v) is 8.87. The molecule has 1 saturated carbocycles.